The molecule has 7 nitrogen and oxygen atoms in total. The second kappa shape index (κ2) is 12.3. The van der Waals surface area contributed by atoms with Crippen molar-refractivity contribution in [1.82, 2.24) is 15.1 Å². The summed E-state index contributed by atoms with van der Waals surface area (Å²) in [6.07, 6.45) is 6.66. The van der Waals surface area contributed by atoms with E-state index in [-0.39, 0.29) is 6.09 Å². The number of alkyl carbamates (subject to hydrolysis) is 1. The first-order chi connectivity index (χ1) is 13.2. The second-order valence-electron chi connectivity index (χ2n) is 7.44. The number of hydrogen-bond donors (Lipinski definition) is 2. The number of aryl methyl sites for hydroxylation is 1. The molecular weight excluding hydrogens is 353 g/mol. The van der Waals surface area contributed by atoms with Crippen LogP contribution in [0.15, 0.2) is 42.7 Å². The molecule has 148 valence electrons. The van der Waals surface area contributed by atoms with Crippen LogP contribution in [0.25, 0.3) is 0 Å². The maximum absolute atomic E-state index is 11.4. The monoisotopic (exact) mass is 381 g/mol. The zero-order chi connectivity index (χ0) is 21.0. The predicted molar refractivity (Wildman–Crippen MR) is 109 cm³/mol. The quantitative estimate of drug-likeness (QED) is 0.568. The molecular formula is C20H28LiN3O4. The zero-order valence-electron chi connectivity index (χ0n) is 17.1. The molecule has 1 aromatic carbocycles. The molecule has 0 aliphatic rings. The van der Waals surface area contributed by atoms with E-state index in [9.17, 15) is 9.59 Å². The molecule has 0 fully saturated rings. The van der Waals surface area contributed by atoms with Crippen molar-refractivity contribution in [3.63, 3.8) is 0 Å². The molecule has 1 aromatic heterocycles. The Morgan fingerprint density at radius 1 is 1.18 bits per heavy atom. The zero-order valence-corrected chi connectivity index (χ0v) is 17.1. The summed E-state index contributed by atoms with van der Waals surface area (Å²) in [5.41, 5.74) is -0.0975. The summed E-state index contributed by atoms with van der Waals surface area (Å²) in [7, 11) is 0. The number of rotatable bonds is 7. The van der Waals surface area contributed by atoms with E-state index in [0.29, 0.717) is 12.1 Å². The standard InChI is InChI=1S/C13H22N3O2.C7H6O2.Li/c1-13(2,3)18-12(17)14-8-5-4-6-10-16-11-7-9-15-16;8-7(9)6-4-2-1-3-5-6;/h9,11H,4-6,8,10H2,1-3H3,(H,14,17);1-5H,(H,8,9);. The second-order valence-corrected chi connectivity index (χ2v) is 7.44. The van der Waals surface area contributed by atoms with Crippen LogP contribution in [0.3, 0.4) is 0 Å². The van der Waals surface area contributed by atoms with Gasteiger partial charge in [0.1, 0.15) is 0 Å². The summed E-state index contributed by atoms with van der Waals surface area (Å²) in [4.78, 5) is 21.6. The average Bonchev–Trinajstić information content (AvgIpc) is 3.03. The summed E-state index contributed by atoms with van der Waals surface area (Å²) < 4.78 is 8.29. The molecule has 2 rings (SSSR count). The van der Waals surface area contributed by atoms with E-state index in [4.69, 9.17) is 9.84 Å². The van der Waals surface area contributed by atoms with E-state index in [1.807, 2.05) is 55.6 Å². The van der Waals surface area contributed by atoms with E-state index in [2.05, 4.69) is 10.4 Å². The van der Waals surface area contributed by atoms with E-state index in [1.165, 1.54) is 4.24 Å². The maximum atomic E-state index is 11.4. The first-order valence-electron chi connectivity index (χ1n) is 9.41. The Labute approximate surface area is 175 Å². The Kier molecular flexibility index (Phi) is 10.4. The van der Waals surface area contributed by atoms with Gasteiger partial charge in [-0.25, -0.2) is 4.79 Å². The van der Waals surface area contributed by atoms with Crippen molar-refractivity contribution < 1.29 is 19.4 Å². The van der Waals surface area contributed by atoms with Crippen molar-refractivity contribution in [2.24, 2.45) is 0 Å². The van der Waals surface area contributed by atoms with Gasteiger partial charge in [0, 0.05) is 0 Å². The van der Waals surface area contributed by atoms with E-state index in [0.717, 1.165) is 25.8 Å². The summed E-state index contributed by atoms with van der Waals surface area (Å²) >= 11 is 2.04. The van der Waals surface area contributed by atoms with E-state index >= 15 is 0 Å². The van der Waals surface area contributed by atoms with Gasteiger partial charge in [-0.1, -0.05) is 18.2 Å². The number of ether oxygens (including phenoxy) is 1. The number of unbranched alkanes of at least 4 members (excludes halogenated alkanes) is 2. The first-order valence-corrected chi connectivity index (χ1v) is 9.41. The van der Waals surface area contributed by atoms with Crippen LogP contribution in [0.4, 0.5) is 4.79 Å². The minimum atomic E-state index is -0.879. The van der Waals surface area contributed by atoms with Gasteiger partial charge >= 0.3 is 109 Å². The number of amides is 1. The molecule has 0 bridgehead atoms. The molecule has 2 aromatic rings. The van der Waals surface area contributed by atoms with Crippen LogP contribution < -0.4 is 9.55 Å². The van der Waals surface area contributed by atoms with Gasteiger partial charge in [-0.2, -0.15) is 0 Å². The molecule has 0 saturated heterocycles. The van der Waals surface area contributed by atoms with Crippen molar-refractivity contribution in [2.45, 2.75) is 52.2 Å². The number of benzene rings is 1. The van der Waals surface area contributed by atoms with Crippen LogP contribution in [0.1, 0.15) is 50.4 Å². The SMILES string of the molecule is O=C(O)c1ccccc1.[Li][c]1cnn(CCCCCNC(=O)OC(C)(C)C)c1. The summed E-state index contributed by atoms with van der Waals surface area (Å²) in [5.74, 6) is -0.879. The molecule has 28 heavy (non-hydrogen) atoms. The number of carboxylic acids is 1. The fraction of sp³-hybridized carbons (Fsp3) is 0.450. The molecule has 0 aliphatic heterocycles. The number of carboxylic acid groups (broad SMARTS) is 1. The van der Waals surface area contributed by atoms with Crippen LogP contribution >= 0.6 is 0 Å². The van der Waals surface area contributed by atoms with Crippen LogP contribution in [-0.2, 0) is 11.3 Å². The van der Waals surface area contributed by atoms with Crippen molar-refractivity contribution in [3.05, 3.63) is 48.3 Å². The number of aromatic carboxylic acids is 1. The van der Waals surface area contributed by atoms with Crippen molar-refractivity contribution in [3.8, 4) is 0 Å². The number of carbonyl (C=O) groups is 2. The molecule has 0 radical (unpaired) electrons. The number of nitrogens with zero attached hydrogens (tertiary/aromatic N) is 2. The van der Waals surface area contributed by atoms with Crippen molar-refractivity contribution >= 4 is 34.0 Å². The topological polar surface area (TPSA) is 93.5 Å². The molecule has 8 heteroatoms. The Balaban J connectivity index is 0.000000362. The average molecular weight is 381 g/mol. The molecule has 1 amide bonds. The van der Waals surface area contributed by atoms with Gasteiger partial charge in [-0.05, 0) is 32.9 Å². The number of hydrogen-bond acceptors (Lipinski definition) is 4. The summed E-state index contributed by atoms with van der Waals surface area (Å²) in [6.45, 7) is 7.17. The van der Waals surface area contributed by atoms with Gasteiger partial charge in [-0.3, -0.25) is 0 Å². The Bertz CT molecular complexity index is 727. The number of carbonyl (C=O) groups excluding carboxylic acids is 1. The van der Waals surface area contributed by atoms with Gasteiger partial charge in [0.2, 0.25) is 0 Å². The van der Waals surface area contributed by atoms with Gasteiger partial charge in [-0.15, -0.1) is 0 Å². The van der Waals surface area contributed by atoms with E-state index < -0.39 is 11.6 Å². The predicted octanol–water partition coefficient (Wildman–Crippen LogP) is 2.76. The fourth-order valence-electron chi connectivity index (χ4n) is 2.25. The van der Waals surface area contributed by atoms with Crippen LogP contribution in [-0.4, -0.2) is 56.8 Å². The van der Waals surface area contributed by atoms with Crippen LogP contribution in [0, 0.1) is 0 Å². The van der Waals surface area contributed by atoms with Gasteiger partial charge < -0.3 is 5.11 Å². The van der Waals surface area contributed by atoms with Crippen molar-refractivity contribution in [1.29, 1.82) is 0 Å². The molecule has 0 saturated carbocycles. The normalized spacial score (nSPS) is 10.6. The molecule has 2 N–H and O–H groups in total. The fourth-order valence-corrected chi connectivity index (χ4v) is 2.25. The Hall–Kier alpha value is -2.23. The number of nitrogens with one attached hydrogen (secondary N) is 1. The third-order valence-corrected chi connectivity index (χ3v) is 3.52. The van der Waals surface area contributed by atoms with Crippen LogP contribution in [0.5, 0.6) is 0 Å². The Morgan fingerprint density at radius 3 is 2.36 bits per heavy atom. The first kappa shape index (κ1) is 23.8. The molecule has 0 atom stereocenters. The van der Waals surface area contributed by atoms with E-state index in [1.54, 1.807) is 30.3 Å². The molecule has 0 aliphatic carbocycles. The minimum absolute atomic E-state index is 0.331. The van der Waals surface area contributed by atoms with Gasteiger partial charge in [0.05, 0.1) is 5.56 Å². The summed E-state index contributed by atoms with van der Waals surface area (Å²) in [5, 5.41) is 15.4. The van der Waals surface area contributed by atoms with Gasteiger partial charge in [0.15, 0.2) is 0 Å². The third kappa shape index (κ3) is 11.5. The third-order valence-electron chi connectivity index (χ3n) is 3.52. The van der Waals surface area contributed by atoms with Crippen molar-refractivity contribution in [2.75, 3.05) is 6.54 Å². The van der Waals surface area contributed by atoms with Crippen LogP contribution in [0.2, 0.25) is 0 Å². The summed E-state index contributed by atoms with van der Waals surface area (Å²) in [6, 6.07) is 8.30. The van der Waals surface area contributed by atoms with Gasteiger partial charge in [0.25, 0.3) is 0 Å². The molecule has 0 unspecified atom stereocenters. The molecule has 0 spiro atoms. The molecule has 1 heterocycles. The Morgan fingerprint density at radius 2 is 1.86 bits per heavy atom. The number of aromatic nitrogens is 2.